The van der Waals surface area contributed by atoms with Gasteiger partial charge in [0.05, 0.1) is 16.6 Å². The molecule has 7 aromatic carbocycles. The molecule has 3 heteroatoms. The van der Waals surface area contributed by atoms with Gasteiger partial charge in [-0.2, -0.15) is 0 Å². The first-order valence-corrected chi connectivity index (χ1v) is 20.1. The van der Waals surface area contributed by atoms with Crippen LogP contribution in [0.25, 0.3) is 78.1 Å². The molecule has 276 valence electrons. The molecule has 0 atom stereocenters. The highest BCUT2D eigenvalue weighted by Gasteiger charge is 2.24. The summed E-state index contributed by atoms with van der Waals surface area (Å²) >= 11 is 0. The van der Waals surface area contributed by atoms with Gasteiger partial charge in [0.15, 0.2) is 0 Å². The molecule has 0 spiro atoms. The van der Waals surface area contributed by atoms with Crippen LogP contribution in [0, 0.1) is 0 Å². The van der Waals surface area contributed by atoms with E-state index in [4.69, 9.17) is 4.42 Å². The first-order valence-electron chi connectivity index (χ1n) is 20.1. The summed E-state index contributed by atoms with van der Waals surface area (Å²) in [5.41, 5.74) is 16.5. The number of benzene rings is 7. The molecule has 0 saturated carbocycles. The average Bonchev–Trinajstić information content (AvgIpc) is 3.95. The van der Waals surface area contributed by atoms with Crippen molar-refractivity contribution >= 4 is 72.9 Å². The predicted molar refractivity (Wildman–Crippen MR) is 246 cm³/mol. The van der Waals surface area contributed by atoms with E-state index in [1.54, 1.807) is 0 Å². The Hall–Kier alpha value is -7.36. The van der Waals surface area contributed by atoms with Crippen LogP contribution in [0.15, 0.2) is 187 Å². The fraction of sp³-hybridized carbons (Fsp3) is 0.0545. The molecule has 0 bridgehead atoms. The highest BCUT2D eigenvalue weighted by Crippen LogP contribution is 2.44. The molecule has 0 unspecified atom stereocenters. The monoisotopic (exact) mass is 744 g/mol. The van der Waals surface area contributed by atoms with Crippen LogP contribution in [0.3, 0.4) is 0 Å². The second kappa shape index (κ2) is 13.7. The largest absolute Gasteiger partial charge is 0.456 e. The molecule has 58 heavy (non-hydrogen) atoms. The number of para-hydroxylation sites is 3. The normalized spacial score (nSPS) is 12.9. The van der Waals surface area contributed by atoms with Gasteiger partial charge in [0.2, 0.25) is 0 Å². The zero-order valence-electron chi connectivity index (χ0n) is 32.3. The lowest BCUT2D eigenvalue weighted by atomic mass is 9.90. The van der Waals surface area contributed by atoms with Crippen LogP contribution < -0.4 is 4.90 Å². The van der Waals surface area contributed by atoms with E-state index in [1.807, 2.05) is 13.0 Å². The Labute approximate surface area is 338 Å². The molecular formula is C55H40N2O. The zero-order chi connectivity index (χ0) is 38.7. The third kappa shape index (κ3) is 5.28. The van der Waals surface area contributed by atoms with Crippen LogP contribution in [0.1, 0.15) is 41.6 Å². The summed E-state index contributed by atoms with van der Waals surface area (Å²) in [4.78, 5) is 2.35. The van der Waals surface area contributed by atoms with E-state index >= 15 is 0 Å². The summed E-state index contributed by atoms with van der Waals surface area (Å²) in [5.74, 6) is 1.79. The number of fused-ring (bicyclic) bond motifs is 7. The summed E-state index contributed by atoms with van der Waals surface area (Å²) in [6, 6.07) is 59.7. The Morgan fingerprint density at radius 3 is 1.83 bits per heavy atom. The van der Waals surface area contributed by atoms with E-state index in [0.29, 0.717) is 0 Å². The minimum Gasteiger partial charge on any atom is -0.456 e. The summed E-state index contributed by atoms with van der Waals surface area (Å²) in [6.45, 7) is 6.08. The van der Waals surface area contributed by atoms with Gasteiger partial charge in [-0.05, 0) is 90.6 Å². The molecule has 1 aliphatic rings. The quantitative estimate of drug-likeness (QED) is 0.154. The maximum absolute atomic E-state index is 6.45. The van der Waals surface area contributed by atoms with E-state index in [9.17, 15) is 0 Å². The van der Waals surface area contributed by atoms with Crippen LogP contribution >= 0.6 is 0 Å². The van der Waals surface area contributed by atoms with Crippen LogP contribution in [-0.2, 0) is 6.42 Å². The van der Waals surface area contributed by atoms with Gasteiger partial charge in [0, 0.05) is 60.9 Å². The molecule has 0 fully saturated rings. The summed E-state index contributed by atoms with van der Waals surface area (Å²) in [5, 5.41) is 5.17. The van der Waals surface area contributed by atoms with Crippen molar-refractivity contribution in [3.8, 4) is 22.3 Å². The number of hydrogen-bond donors (Lipinski definition) is 0. The van der Waals surface area contributed by atoms with Gasteiger partial charge in [-0.25, -0.2) is 0 Å². The Bertz CT molecular complexity index is 3210. The minimum atomic E-state index is 0.834. The molecule has 0 saturated heterocycles. The Balaban J connectivity index is 1.01. The first kappa shape index (κ1) is 33.9. The SMILES string of the molecule is C=Cc1oc2c(c1/C=C\C)CCC=C2c1ccc(N(c2ccc(-c3ccccc3)cc2)c2ccc(-c3cccc4c5cccc6c7ccccc7n(c34)c65)cc2)cc1. The van der Waals surface area contributed by atoms with Crippen LogP contribution in [-0.4, -0.2) is 4.40 Å². The van der Waals surface area contributed by atoms with E-state index < -0.39 is 0 Å². The fourth-order valence-corrected chi connectivity index (χ4v) is 9.33. The number of furan rings is 1. The second-order valence-electron chi connectivity index (χ2n) is 15.1. The van der Waals surface area contributed by atoms with E-state index in [0.717, 1.165) is 58.1 Å². The van der Waals surface area contributed by atoms with Gasteiger partial charge in [-0.1, -0.05) is 146 Å². The highest BCUT2D eigenvalue weighted by molar-refractivity contribution is 6.25. The fourth-order valence-electron chi connectivity index (χ4n) is 9.33. The lowest BCUT2D eigenvalue weighted by Crippen LogP contribution is -2.10. The molecule has 3 heterocycles. The standard InChI is InChI=1S/C55H40N2O/c1-3-13-46-50-22-11-18-44(55(50)58-52(46)4-2)39-28-34-42(35-29-39)56(40-30-24-37(25-31-40)36-14-6-5-7-15-36)41-32-26-38(27-33-41)43-17-10-20-48-49-21-12-19-47-45-16-8-9-23-51(45)57(53(43)48)54(47)49/h3-10,12-21,23-35H,2,11,22H2,1H3/b13-3-. The summed E-state index contributed by atoms with van der Waals surface area (Å²) in [6.07, 6.45) is 10.3. The maximum Gasteiger partial charge on any atom is 0.138 e. The van der Waals surface area contributed by atoms with Gasteiger partial charge >= 0.3 is 0 Å². The van der Waals surface area contributed by atoms with Crippen molar-refractivity contribution in [2.45, 2.75) is 19.8 Å². The molecule has 3 nitrogen and oxygen atoms in total. The summed E-state index contributed by atoms with van der Waals surface area (Å²) < 4.78 is 8.93. The van der Waals surface area contributed by atoms with Gasteiger partial charge in [-0.15, -0.1) is 0 Å². The molecule has 0 radical (unpaired) electrons. The molecular weight excluding hydrogens is 705 g/mol. The molecule has 11 rings (SSSR count). The van der Waals surface area contributed by atoms with Crippen molar-refractivity contribution in [3.05, 3.63) is 211 Å². The van der Waals surface area contributed by atoms with Crippen LogP contribution in [0.5, 0.6) is 0 Å². The second-order valence-corrected chi connectivity index (χ2v) is 15.1. The van der Waals surface area contributed by atoms with Gasteiger partial charge in [-0.3, -0.25) is 0 Å². The third-order valence-corrected chi connectivity index (χ3v) is 11.9. The van der Waals surface area contributed by atoms with Gasteiger partial charge < -0.3 is 13.7 Å². The van der Waals surface area contributed by atoms with Crippen molar-refractivity contribution in [3.63, 3.8) is 0 Å². The van der Waals surface area contributed by atoms with Crippen molar-refractivity contribution in [2.75, 3.05) is 4.90 Å². The van der Waals surface area contributed by atoms with E-state index in [1.165, 1.54) is 65.9 Å². The number of rotatable bonds is 8. The molecule has 3 aromatic heterocycles. The van der Waals surface area contributed by atoms with Crippen molar-refractivity contribution in [2.24, 2.45) is 0 Å². The number of hydrogen-bond acceptors (Lipinski definition) is 2. The van der Waals surface area contributed by atoms with Crippen LogP contribution in [0.4, 0.5) is 17.1 Å². The Kier molecular flexibility index (Phi) is 8.01. The topological polar surface area (TPSA) is 20.8 Å². The minimum absolute atomic E-state index is 0.834. The lowest BCUT2D eigenvalue weighted by molar-refractivity contribution is 0.538. The molecule has 0 amide bonds. The lowest BCUT2D eigenvalue weighted by Gasteiger charge is -2.26. The molecule has 0 N–H and O–H groups in total. The average molecular weight is 745 g/mol. The predicted octanol–water partition coefficient (Wildman–Crippen LogP) is 15.3. The molecule has 1 aliphatic carbocycles. The third-order valence-electron chi connectivity index (χ3n) is 11.9. The highest BCUT2D eigenvalue weighted by atomic mass is 16.3. The Morgan fingerprint density at radius 1 is 0.569 bits per heavy atom. The summed E-state index contributed by atoms with van der Waals surface area (Å²) in [7, 11) is 0. The van der Waals surface area contributed by atoms with E-state index in [2.05, 4.69) is 198 Å². The smallest absolute Gasteiger partial charge is 0.138 e. The number of aromatic nitrogens is 1. The van der Waals surface area contributed by atoms with E-state index in [-0.39, 0.29) is 0 Å². The molecule has 10 aromatic rings. The number of nitrogens with zero attached hydrogens (tertiary/aromatic N) is 2. The number of anilines is 3. The van der Waals surface area contributed by atoms with Crippen molar-refractivity contribution in [1.82, 2.24) is 4.40 Å². The van der Waals surface area contributed by atoms with Crippen LogP contribution in [0.2, 0.25) is 0 Å². The zero-order valence-corrected chi connectivity index (χ0v) is 32.3. The van der Waals surface area contributed by atoms with Crippen molar-refractivity contribution < 1.29 is 4.42 Å². The van der Waals surface area contributed by atoms with Gasteiger partial charge in [0.25, 0.3) is 0 Å². The number of allylic oxidation sites excluding steroid dienone is 2. The van der Waals surface area contributed by atoms with Crippen molar-refractivity contribution in [1.29, 1.82) is 0 Å². The maximum atomic E-state index is 6.45. The molecule has 0 aliphatic heterocycles. The Morgan fingerprint density at radius 2 is 1.14 bits per heavy atom. The van der Waals surface area contributed by atoms with Gasteiger partial charge in [0.1, 0.15) is 11.5 Å². The first-order chi connectivity index (χ1) is 28.7.